The highest BCUT2D eigenvalue weighted by Crippen LogP contribution is 2.31. The van der Waals surface area contributed by atoms with Crippen molar-refractivity contribution in [1.82, 2.24) is 0 Å². The van der Waals surface area contributed by atoms with Crippen molar-refractivity contribution in [2.75, 3.05) is 0 Å². The molecule has 0 radical (unpaired) electrons. The van der Waals surface area contributed by atoms with E-state index in [-0.39, 0.29) is 22.4 Å². The van der Waals surface area contributed by atoms with Crippen LogP contribution in [-0.4, -0.2) is 22.4 Å². The average Bonchev–Trinajstić information content (AvgIpc) is 2.45. The summed E-state index contributed by atoms with van der Waals surface area (Å²) in [5.74, 6) is -1.80. The van der Waals surface area contributed by atoms with Crippen LogP contribution in [0.25, 0.3) is 11.1 Å². The number of aromatic carboxylic acids is 1. The summed E-state index contributed by atoms with van der Waals surface area (Å²) in [6, 6.07) is 7.51. The van der Waals surface area contributed by atoms with Gasteiger partial charge in [-0.15, -0.1) is 13.2 Å². The minimum Gasteiger partial charge on any atom is -0.478 e. The van der Waals surface area contributed by atoms with Crippen LogP contribution >= 0.6 is 0 Å². The number of alkyl halides is 3. The fourth-order valence-corrected chi connectivity index (χ4v) is 1.91. The Bertz CT molecular complexity index is 756. The largest absolute Gasteiger partial charge is 0.573 e. The lowest BCUT2D eigenvalue weighted by Gasteiger charge is -2.10. The quantitative estimate of drug-likeness (QED) is 0.680. The van der Waals surface area contributed by atoms with E-state index in [0.717, 1.165) is 30.3 Å². The molecule has 120 valence electrons. The van der Waals surface area contributed by atoms with Crippen LogP contribution in [0.3, 0.4) is 0 Å². The average molecular weight is 327 g/mol. The van der Waals surface area contributed by atoms with E-state index in [9.17, 15) is 28.1 Å². The normalized spacial score (nSPS) is 11.1. The predicted octanol–water partition coefficient (Wildman–Crippen LogP) is 3.86. The molecule has 0 spiro atoms. The number of nitro groups is 1. The molecule has 2 aromatic carbocycles. The Kier molecular flexibility index (Phi) is 4.21. The molecule has 0 saturated heterocycles. The first-order valence-electron chi connectivity index (χ1n) is 6.05. The Hall–Kier alpha value is -3.10. The van der Waals surface area contributed by atoms with Gasteiger partial charge in [-0.25, -0.2) is 4.79 Å². The molecule has 9 heteroatoms. The summed E-state index contributed by atoms with van der Waals surface area (Å²) in [5, 5.41) is 19.9. The van der Waals surface area contributed by atoms with Gasteiger partial charge in [0.2, 0.25) is 0 Å². The Morgan fingerprint density at radius 3 is 2.22 bits per heavy atom. The van der Waals surface area contributed by atoms with Gasteiger partial charge >= 0.3 is 12.3 Å². The van der Waals surface area contributed by atoms with Crippen LogP contribution in [0.5, 0.6) is 5.75 Å². The van der Waals surface area contributed by atoms with Gasteiger partial charge in [0, 0.05) is 17.7 Å². The SMILES string of the molecule is O=C(O)c1ccc([N+](=O)[O-])cc1-c1ccc(OC(F)(F)F)cc1. The standard InChI is InChI=1S/C14H8F3NO5/c15-14(16,17)23-10-4-1-8(2-5-10)12-7-9(18(21)22)3-6-11(12)13(19)20/h1-7H,(H,19,20). The zero-order chi connectivity index (χ0) is 17.2. The number of hydrogen-bond acceptors (Lipinski definition) is 4. The van der Waals surface area contributed by atoms with Crippen LogP contribution in [0.4, 0.5) is 18.9 Å². The van der Waals surface area contributed by atoms with Gasteiger partial charge < -0.3 is 9.84 Å². The molecule has 2 rings (SSSR count). The molecule has 0 heterocycles. The number of benzene rings is 2. The summed E-state index contributed by atoms with van der Waals surface area (Å²) in [6.45, 7) is 0. The van der Waals surface area contributed by atoms with Crippen molar-refractivity contribution in [2.24, 2.45) is 0 Å². The van der Waals surface area contributed by atoms with E-state index in [0.29, 0.717) is 0 Å². The molecule has 6 nitrogen and oxygen atoms in total. The van der Waals surface area contributed by atoms with Gasteiger partial charge in [0.1, 0.15) is 5.75 Å². The zero-order valence-electron chi connectivity index (χ0n) is 11.2. The highest BCUT2D eigenvalue weighted by atomic mass is 19.4. The molecule has 0 atom stereocenters. The first-order valence-corrected chi connectivity index (χ1v) is 6.05. The van der Waals surface area contributed by atoms with Gasteiger partial charge in [0.15, 0.2) is 0 Å². The number of nitrogens with zero attached hydrogens (tertiary/aromatic N) is 1. The summed E-state index contributed by atoms with van der Waals surface area (Å²) >= 11 is 0. The van der Waals surface area contributed by atoms with Crippen LogP contribution in [-0.2, 0) is 0 Å². The molecule has 0 aliphatic carbocycles. The molecular weight excluding hydrogens is 319 g/mol. The maximum absolute atomic E-state index is 12.1. The summed E-state index contributed by atoms with van der Waals surface area (Å²) in [5.41, 5.74) is -0.313. The van der Waals surface area contributed by atoms with Crippen LogP contribution < -0.4 is 4.74 Å². The van der Waals surface area contributed by atoms with Crippen LogP contribution in [0.2, 0.25) is 0 Å². The van der Waals surface area contributed by atoms with E-state index >= 15 is 0 Å². The van der Waals surface area contributed by atoms with E-state index in [4.69, 9.17) is 5.11 Å². The summed E-state index contributed by atoms with van der Waals surface area (Å²) < 4.78 is 40.0. The lowest BCUT2D eigenvalue weighted by atomic mass is 9.99. The van der Waals surface area contributed by atoms with Crippen LogP contribution in [0.1, 0.15) is 10.4 Å². The first-order chi connectivity index (χ1) is 10.7. The van der Waals surface area contributed by atoms with E-state index in [1.54, 1.807) is 0 Å². The molecule has 0 aliphatic rings. The smallest absolute Gasteiger partial charge is 0.478 e. The van der Waals surface area contributed by atoms with Gasteiger partial charge in [0.05, 0.1) is 10.5 Å². The highest BCUT2D eigenvalue weighted by Gasteiger charge is 2.31. The maximum Gasteiger partial charge on any atom is 0.573 e. The van der Waals surface area contributed by atoms with Crippen molar-refractivity contribution in [3.05, 3.63) is 58.1 Å². The van der Waals surface area contributed by atoms with E-state index < -0.39 is 23.0 Å². The van der Waals surface area contributed by atoms with Crippen molar-refractivity contribution in [2.45, 2.75) is 6.36 Å². The van der Waals surface area contributed by atoms with Crippen molar-refractivity contribution >= 4 is 11.7 Å². The number of rotatable bonds is 4. The van der Waals surface area contributed by atoms with Crippen molar-refractivity contribution in [1.29, 1.82) is 0 Å². The molecule has 23 heavy (non-hydrogen) atoms. The second kappa shape index (κ2) is 5.95. The summed E-state index contributed by atoms with van der Waals surface area (Å²) in [6.07, 6.45) is -4.85. The second-order valence-corrected chi connectivity index (χ2v) is 4.36. The fraction of sp³-hybridized carbons (Fsp3) is 0.0714. The molecule has 2 aromatic rings. The topological polar surface area (TPSA) is 89.7 Å². The number of ether oxygens (including phenoxy) is 1. The Labute approximate surface area is 126 Å². The number of carboxylic acid groups (broad SMARTS) is 1. The van der Waals surface area contributed by atoms with Crippen LogP contribution in [0.15, 0.2) is 42.5 Å². The molecule has 0 saturated carbocycles. The summed E-state index contributed by atoms with van der Waals surface area (Å²) in [4.78, 5) is 21.3. The first kappa shape index (κ1) is 16.3. The van der Waals surface area contributed by atoms with Gasteiger partial charge in [0.25, 0.3) is 5.69 Å². The number of carbonyl (C=O) groups is 1. The van der Waals surface area contributed by atoms with Gasteiger partial charge in [-0.3, -0.25) is 10.1 Å². The van der Waals surface area contributed by atoms with E-state index in [1.165, 1.54) is 12.1 Å². The fourth-order valence-electron chi connectivity index (χ4n) is 1.91. The van der Waals surface area contributed by atoms with Gasteiger partial charge in [-0.05, 0) is 23.8 Å². The number of hydrogen-bond donors (Lipinski definition) is 1. The minimum atomic E-state index is -4.85. The number of non-ortho nitro benzene ring substituents is 1. The van der Waals surface area contributed by atoms with E-state index in [2.05, 4.69) is 4.74 Å². The molecule has 0 amide bonds. The van der Waals surface area contributed by atoms with Gasteiger partial charge in [-0.1, -0.05) is 12.1 Å². The van der Waals surface area contributed by atoms with Crippen molar-refractivity contribution < 1.29 is 32.7 Å². The third kappa shape index (κ3) is 3.96. The molecule has 0 aromatic heterocycles. The molecule has 0 bridgehead atoms. The number of carboxylic acids is 1. The lowest BCUT2D eigenvalue weighted by molar-refractivity contribution is -0.384. The van der Waals surface area contributed by atoms with Gasteiger partial charge in [-0.2, -0.15) is 0 Å². The van der Waals surface area contributed by atoms with Crippen LogP contribution in [0, 0.1) is 10.1 Å². The van der Waals surface area contributed by atoms with Crippen molar-refractivity contribution in [3.63, 3.8) is 0 Å². The van der Waals surface area contributed by atoms with Crippen molar-refractivity contribution in [3.8, 4) is 16.9 Å². The zero-order valence-corrected chi connectivity index (χ0v) is 11.2. The Morgan fingerprint density at radius 1 is 1.13 bits per heavy atom. The molecular formula is C14H8F3NO5. The Balaban J connectivity index is 2.46. The monoisotopic (exact) mass is 327 g/mol. The number of halogens is 3. The predicted molar refractivity (Wildman–Crippen MR) is 72.2 cm³/mol. The van der Waals surface area contributed by atoms with E-state index in [1.807, 2.05) is 0 Å². The Morgan fingerprint density at radius 2 is 1.74 bits per heavy atom. The third-order valence-corrected chi connectivity index (χ3v) is 2.84. The minimum absolute atomic E-state index is 0.0188. The molecule has 0 fully saturated rings. The highest BCUT2D eigenvalue weighted by molar-refractivity contribution is 5.96. The third-order valence-electron chi connectivity index (χ3n) is 2.84. The summed E-state index contributed by atoms with van der Waals surface area (Å²) in [7, 11) is 0. The second-order valence-electron chi connectivity index (χ2n) is 4.36. The number of nitro benzene ring substituents is 1. The molecule has 0 unspecified atom stereocenters. The maximum atomic E-state index is 12.1. The molecule has 1 N–H and O–H groups in total. The lowest BCUT2D eigenvalue weighted by Crippen LogP contribution is -2.16. The molecule has 0 aliphatic heterocycles.